The van der Waals surface area contributed by atoms with Gasteiger partial charge in [-0.2, -0.15) is 5.10 Å². The van der Waals surface area contributed by atoms with E-state index in [4.69, 9.17) is 9.52 Å². The molecule has 0 aliphatic heterocycles. The fourth-order valence-electron chi connectivity index (χ4n) is 3.08. The van der Waals surface area contributed by atoms with Crippen LogP contribution in [0, 0.1) is 12.7 Å². The zero-order valence-electron chi connectivity index (χ0n) is 16.0. The van der Waals surface area contributed by atoms with Crippen LogP contribution in [-0.4, -0.2) is 26.7 Å². The average Bonchev–Trinajstić information content (AvgIpc) is 3.41. The number of hydrogen-bond acceptors (Lipinski definition) is 5. The monoisotopic (exact) mass is 396 g/mol. The molecule has 28 heavy (non-hydrogen) atoms. The molecule has 5 nitrogen and oxygen atoms in total. The SMILES string of the molecule is Cc1ccc(-c2nn(-c3cccc(F)c3)cc2CN(C)[C@H](C)c2nccs2)o1. The summed E-state index contributed by atoms with van der Waals surface area (Å²) in [7, 11) is 2.06. The molecule has 0 unspecified atom stereocenters. The number of aryl methyl sites for hydroxylation is 1. The second-order valence-corrected chi connectivity index (χ2v) is 7.73. The van der Waals surface area contributed by atoms with Crippen LogP contribution in [0.2, 0.25) is 0 Å². The summed E-state index contributed by atoms with van der Waals surface area (Å²) in [5.74, 6) is 1.24. The molecular formula is C21H21FN4OS. The van der Waals surface area contributed by atoms with Crippen LogP contribution in [0.1, 0.15) is 29.3 Å². The molecule has 0 amide bonds. The Balaban J connectivity index is 1.70. The summed E-state index contributed by atoms with van der Waals surface area (Å²) in [6, 6.07) is 10.4. The maximum atomic E-state index is 13.7. The van der Waals surface area contributed by atoms with E-state index >= 15 is 0 Å². The zero-order chi connectivity index (χ0) is 19.7. The number of rotatable bonds is 6. The van der Waals surface area contributed by atoms with Crippen LogP contribution in [0.4, 0.5) is 4.39 Å². The fourth-order valence-corrected chi connectivity index (χ4v) is 3.84. The Morgan fingerprint density at radius 3 is 2.82 bits per heavy atom. The first-order valence-corrected chi connectivity index (χ1v) is 9.90. The minimum atomic E-state index is -0.292. The molecule has 3 aromatic heterocycles. The molecule has 3 heterocycles. The van der Waals surface area contributed by atoms with E-state index in [0.29, 0.717) is 18.0 Å². The maximum absolute atomic E-state index is 13.7. The summed E-state index contributed by atoms with van der Waals surface area (Å²) in [6.07, 6.45) is 3.76. The van der Waals surface area contributed by atoms with Crippen molar-refractivity contribution >= 4 is 11.3 Å². The van der Waals surface area contributed by atoms with Gasteiger partial charge in [-0.25, -0.2) is 14.1 Å². The lowest BCUT2D eigenvalue weighted by Gasteiger charge is -2.22. The molecule has 0 fully saturated rings. The van der Waals surface area contributed by atoms with Gasteiger partial charge in [0.15, 0.2) is 5.76 Å². The van der Waals surface area contributed by atoms with Gasteiger partial charge < -0.3 is 4.42 Å². The van der Waals surface area contributed by atoms with Gasteiger partial charge in [0, 0.05) is 29.9 Å². The molecular weight excluding hydrogens is 375 g/mol. The van der Waals surface area contributed by atoms with E-state index in [1.54, 1.807) is 22.1 Å². The van der Waals surface area contributed by atoms with E-state index in [0.717, 1.165) is 22.0 Å². The van der Waals surface area contributed by atoms with Gasteiger partial charge in [-0.05, 0) is 51.2 Å². The summed E-state index contributed by atoms with van der Waals surface area (Å²) in [5.41, 5.74) is 2.44. The zero-order valence-corrected chi connectivity index (χ0v) is 16.8. The van der Waals surface area contributed by atoms with Crippen LogP contribution in [0.15, 0.2) is 58.6 Å². The number of hydrogen-bond donors (Lipinski definition) is 0. The number of halogens is 1. The molecule has 144 valence electrons. The second kappa shape index (κ2) is 7.69. The van der Waals surface area contributed by atoms with Gasteiger partial charge in [0.05, 0.1) is 11.7 Å². The second-order valence-electron chi connectivity index (χ2n) is 6.80. The Hall–Kier alpha value is -2.77. The van der Waals surface area contributed by atoms with Gasteiger partial charge in [0.2, 0.25) is 0 Å². The van der Waals surface area contributed by atoms with Gasteiger partial charge in [0.1, 0.15) is 22.3 Å². The molecule has 0 aliphatic carbocycles. The lowest BCUT2D eigenvalue weighted by Crippen LogP contribution is -2.21. The molecule has 1 aromatic carbocycles. The van der Waals surface area contributed by atoms with E-state index in [9.17, 15) is 4.39 Å². The molecule has 0 radical (unpaired) electrons. The first-order chi connectivity index (χ1) is 13.5. The largest absolute Gasteiger partial charge is 0.460 e. The van der Waals surface area contributed by atoms with Gasteiger partial charge in [-0.1, -0.05) is 6.07 Å². The fraction of sp³-hybridized carbons (Fsp3) is 0.238. The van der Waals surface area contributed by atoms with Crippen molar-refractivity contribution in [1.82, 2.24) is 19.7 Å². The number of aromatic nitrogens is 3. The minimum Gasteiger partial charge on any atom is -0.460 e. The number of nitrogens with zero attached hydrogens (tertiary/aromatic N) is 4. The predicted molar refractivity (Wildman–Crippen MR) is 108 cm³/mol. The average molecular weight is 396 g/mol. The Bertz CT molecular complexity index is 1070. The first-order valence-electron chi connectivity index (χ1n) is 9.02. The summed E-state index contributed by atoms with van der Waals surface area (Å²) in [4.78, 5) is 6.63. The highest BCUT2D eigenvalue weighted by molar-refractivity contribution is 7.09. The molecule has 0 saturated heterocycles. The Morgan fingerprint density at radius 1 is 1.29 bits per heavy atom. The van der Waals surface area contributed by atoms with Gasteiger partial charge in [-0.15, -0.1) is 11.3 Å². The maximum Gasteiger partial charge on any atom is 0.154 e. The lowest BCUT2D eigenvalue weighted by atomic mass is 10.2. The highest BCUT2D eigenvalue weighted by Crippen LogP contribution is 2.29. The van der Waals surface area contributed by atoms with E-state index in [1.165, 1.54) is 12.1 Å². The number of furan rings is 1. The lowest BCUT2D eigenvalue weighted by molar-refractivity contribution is 0.252. The molecule has 0 saturated carbocycles. The van der Waals surface area contributed by atoms with Crippen molar-refractivity contribution in [3.63, 3.8) is 0 Å². The summed E-state index contributed by atoms with van der Waals surface area (Å²) in [5, 5.41) is 7.75. The Morgan fingerprint density at radius 2 is 2.14 bits per heavy atom. The third-order valence-corrected chi connectivity index (χ3v) is 5.67. The van der Waals surface area contributed by atoms with Crippen LogP contribution < -0.4 is 0 Å². The van der Waals surface area contributed by atoms with Crippen molar-refractivity contribution in [2.24, 2.45) is 0 Å². The van der Waals surface area contributed by atoms with Gasteiger partial charge >= 0.3 is 0 Å². The highest BCUT2D eigenvalue weighted by Gasteiger charge is 2.20. The van der Waals surface area contributed by atoms with Crippen molar-refractivity contribution in [2.75, 3.05) is 7.05 Å². The highest BCUT2D eigenvalue weighted by atomic mass is 32.1. The molecule has 0 bridgehead atoms. The summed E-state index contributed by atoms with van der Waals surface area (Å²) < 4.78 is 21.2. The van der Waals surface area contributed by atoms with E-state index in [-0.39, 0.29) is 11.9 Å². The third-order valence-electron chi connectivity index (χ3n) is 4.73. The minimum absolute atomic E-state index is 0.170. The van der Waals surface area contributed by atoms with Crippen molar-refractivity contribution in [3.8, 4) is 17.1 Å². The normalized spacial score (nSPS) is 12.6. The Kier molecular flexibility index (Phi) is 5.11. The van der Waals surface area contributed by atoms with Crippen LogP contribution in [0.5, 0.6) is 0 Å². The molecule has 1 atom stereocenters. The molecule has 0 N–H and O–H groups in total. The predicted octanol–water partition coefficient (Wildman–Crippen LogP) is 5.23. The van der Waals surface area contributed by atoms with Crippen molar-refractivity contribution in [1.29, 1.82) is 0 Å². The summed E-state index contributed by atoms with van der Waals surface area (Å²) in [6.45, 7) is 4.70. The number of thiazole rings is 1. The van der Waals surface area contributed by atoms with Crippen molar-refractivity contribution < 1.29 is 8.81 Å². The topological polar surface area (TPSA) is 47.1 Å². The Labute approximate surface area is 167 Å². The van der Waals surface area contributed by atoms with E-state index in [1.807, 2.05) is 42.9 Å². The van der Waals surface area contributed by atoms with Crippen LogP contribution in [0.25, 0.3) is 17.1 Å². The molecule has 7 heteroatoms. The molecule has 0 spiro atoms. The van der Waals surface area contributed by atoms with Crippen molar-refractivity contribution in [2.45, 2.75) is 26.4 Å². The smallest absolute Gasteiger partial charge is 0.154 e. The molecule has 4 rings (SSSR count). The van der Waals surface area contributed by atoms with Crippen molar-refractivity contribution in [3.05, 3.63) is 76.3 Å². The standard InChI is InChI=1S/C21H21FN4OS/c1-14-7-8-19(27-14)20-16(12-25(3)15(2)21-23-9-10-28-21)13-26(24-20)18-6-4-5-17(22)11-18/h4-11,13,15H,12H2,1-3H3/t15-/m1/s1. The van der Waals surface area contributed by atoms with Gasteiger partial charge in [-0.3, -0.25) is 4.90 Å². The number of benzene rings is 1. The van der Waals surface area contributed by atoms with E-state index in [2.05, 4.69) is 23.9 Å². The van der Waals surface area contributed by atoms with Crippen LogP contribution in [-0.2, 0) is 6.54 Å². The quantitative estimate of drug-likeness (QED) is 0.448. The van der Waals surface area contributed by atoms with Gasteiger partial charge in [0.25, 0.3) is 0 Å². The first kappa shape index (κ1) is 18.6. The third kappa shape index (κ3) is 3.76. The van der Waals surface area contributed by atoms with Crippen LogP contribution >= 0.6 is 11.3 Å². The molecule has 4 aromatic rings. The molecule has 0 aliphatic rings. The summed E-state index contributed by atoms with van der Waals surface area (Å²) >= 11 is 1.64. The van der Waals surface area contributed by atoms with E-state index < -0.39 is 0 Å². The van der Waals surface area contributed by atoms with Crippen LogP contribution in [0.3, 0.4) is 0 Å².